The van der Waals surface area contributed by atoms with Gasteiger partial charge in [-0.25, -0.2) is 4.39 Å². The van der Waals surface area contributed by atoms with Gasteiger partial charge in [-0.15, -0.1) is 0 Å². The van der Waals surface area contributed by atoms with Gasteiger partial charge in [0, 0.05) is 39.0 Å². The lowest BCUT2D eigenvalue weighted by molar-refractivity contribution is -0.136. The molecule has 0 aliphatic carbocycles. The number of nitrogens with one attached hydrogen (secondary N) is 1. The standard InChI is InChI=1S/C17H21F3N4O4/c18-13-15(14(19)17(22-16(13)20)24-5-9-28-10-6-24)21-11(25)1-2-12(26)23-3-7-27-8-4-23/h1-10H2,(H,21,22,25). The second-order valence-electron chi connectivity index (χ2n) is 6.37. The van der Waals surface area contributed by atoms with E-state index in [4.69, 9.17) is 9.47 Å². The smallest absolute Gasteiger partial charge is 0.253 e. The fourth-order valence-electron chi connectivity index (χ4n) is 2.99. The number of halogens is 3. The van der Waals surface area contributed by atoms with Crippen LogP contribution in [0.25, 0.3) is 0 Å². The molecule has 3 heterocycles. The van der Waals surface area contributed by atoms with Crippen molar-refractivity contribution in [2.45, 2.75) is 12.8 Å². The Hall–Kier alpha value is -2.40. The van der Waals surface area contributed by atoms with Crippen LogP contribution < -0.4 is 10.2 Å². The minimum absolute atomic E-state index is 0.126. The largest absolute Gasteiger partial charge is 0.378 e. The fraction of sp³-hybridized carbons (Fsp3) is 0.588. The van der Waals surface area contributed by atoms with Crippen LogP contribution in [0.15, 0.2) is 0 Å². The van der Waals surface area contributed by atoms with Crippen molar-refractivity contribution in [3.8, 4) is 0 Å². The van der Waals surface area contributed by atoms with Gasteiger partial charge in [0.15, 0.2) is 11.6 Å². The number of morpholine rings is 2. The Kier molecular flexibility index (Phi) is 6.68. The van der Waals surface area contributed by atoms with Crippen molar-refractivity contribution < 1.29 is 32.2 Å². The molecule has 3 rings (SSSR count). The third-order valence-corrected chi connectivity index (χ3v) is 4.53. The maximum atomic E-state index is 14.7. The lowest BCUT2D eigenvalue weighted by atomic mass is 10.2. The molecule has 0 saturated carbocycles. The topological polar surface area (TPSA) is 84.0 Å². The van der Waals surface area contributed by atoms with E-state index in [9.17, 15) is 22.8 Å². The van der Waals surface area contributed by atoms with Crippen molar-refractivity contribution in [1.82, 2.24) is 9.88 Å². The lowest BCUT2D eigenvalue weighted by Gasteiger charge is -2.28. The zero-order chi connectivity index (χ0) is 20.1. The summed E-state index contributed by atoms with van der Waals surface area (Å²) >= 11 is 0. The summed E-state index contributed by atoms with van der Waals surface area (Å²) in [7, 11) is 0. The molecular formula is C17H21F3N4O4. The van der Waals surface area contributed by atoms with Gasteiger partial charge < -0.3 is 24.6 Å². The summed E-state index contributed by atoms with van der Waals surface area (Å²) in [5.74, 6) is -5.69. The van der Waals surface area contributed by atoms with Gasteiger partial charge in [-0.3, -0.25) is 9.59 Å². The molecule has 0 bridgehead atoms. The van der Waals surface area contributed by atoms with Crippen LogP contribution in [-0.2, 0) is 19.1 Å². The molecule has 8 nitrogen and oxygen atoms in total. The van der Waals surface area contributed by atoms with Gasteiger partial charge in [0.25, 0.3) is 5.95 Å². The van der Waals surface area contributed by atoms with Gasteiger partial charge in [-0.2, -0.15) is 13.8 Å². The number of aromatic nitrogens is 1. The Bertz CT molecular complexity index is 738. The Morgan fingerprint density at radius 3 is 2.18 bits per heavy atom. The monoisotopic (exact) mass is 402 g/mol. The van der Waals surface area contributed by atoms with Crippen molar-refractivity contribution >= 4 is 23.3 Å². The summed E-state index contributed by atoms with van der Waals surface area (Å²) in [5.41, 5.74) is -0.905. The number of carbonyl (C=O) groups excluding carboxylic acids is 2. The first kappa shape index (κ1) is 20.3. The number of hydrogen-bond acceptors (Lipinski definition) is 6. The SMILES string of the molecule is O=C(CCC(=O)N1CCOCC1)Nc1c(F)c(F)nc(N2CCOCC2)c1F. The molecule has 1 aromatic rings. The Morgan fingerprint density at radius 1 is 0.929 bits per heavy atom. The highest BCUT2D eigenvalue weighted by molar-refractivity contribution is 5.93. The van der Waals surface area contributed by atoms with Crippen molar-refractivity contribution in [1.29, 1.82) is 0 Å². The lowest BCUT2D eigenvalue weighted by Crippen LogP contribution is -2.40. The third kappa shape index (κ3) is 4.71. The summed E-state index contributed by atoms with van der Waals surface area (Å²) in [5, 5.41) is 2.03. The molecule has 0 aromatic carbocycles. The third-order valence-electron chi connectivity index (χ3n) is 4.53. The number of pyridine rings is 1. The van der Waals surface area contributed by atoms with E-state index in [1.165, 1.54) is 4.90 Å². The second kappa shape index (κ2) is 9.20. The van der Waals surface area contributed by atoms with E-state index >= 15 is 0 Å². The molecule has 0 atom stereocenters. The molecule has 1 N–H and O–H groups in total. The number of carbonyl (C=O) groups is 2. The predicted octanol–water partition coefficient (Wildman–Crippen LogP) is 0.913. The van der Waals surface area contributed by atoms with E-state index in [1.54, 1.807) is 4.90 Å². The number of rotatable bonds is 5. The minimum atomic E-state index is -1.58. The molecule has 0 unspecified atom stereocenters. The van der Waals surface area contributed by atoms with Gasteiger partial charge >= 0.3 is 0 Å². The molecule has 11 heteroatoms. The van der Waals surface area contributed by atoms with E-state index in [2.05, 4.69) is 4.98 Å². The Labute approximate surface area is 159 Å². The van der Waals surface area contributed by atoms with Crippen LogP contribution in [-0.4, -0.2) is 74.3 Å². The molecule has 1 aromatic heterocycles. The van der Waals surface area contributed by atoms with Crippen LogP contribution in [0.5, 0.6) is 0 Å². The van der Waals surface area contributed by atoms with Crippen LogP contribution in [0, 0.1) is 17.6 Å². The molecule has 2 fully saturated rings. The quantitative estimate of drug-likeness (QED) is 0.738. The van der Waals surface area contributed by atoms with Crippen LogP contribution in [0.1, 0.15) is 12.8 Å². The molecule has 2 amide bonds. The number of nitrogens with zero attached hydrogens (tertiary/aromatic N) is 3. The molecule has 28 heavy (non-hydrogen) atoms. The van der Waals surface area contributed by atoms with Gasteiger partial charge in [0.1, 0.15) is 5.69 Å². The zero-order valence-electron chi connectivity index (χ0n) is 15.2. The minimum Gasteiger partial charge on any atom is -0.378 e. The van der Waals surface area contributed by atoms with Crippen LogP contribution in [0.3, 0.4) is 0 Å². The van der Waals surface area contributed by atoms with E-state index in [1.807, 2.05) is 5.32 Å². The summed E-state index contributed by atoms with van der Waals surface area (Å²) in [6.07, 6.45) is -0.412. The first-order chi connectivity index (χ1) is 13.5. The maximum absolute atomic E-state index is 14.7. The second-order valence-corrected chi connectivity index (χ2v) is 6.37. The summed E-state index contributed by atoms with van der Waals surface area (Å²) in [6, 6.07) is 0. The van der Waals surface area contributed by atoms with Crippen LogP contribution >= 0.6 is 0 Å². The van der Waals surface area contributed by atoms with Crippen molar-refractivity contribution in [2.24, 2.45) is 0 Å². The average molecular weight is 402 g/mol. The van der Waals surface area contributed by atoms with E-state index in [0.717, 1.165) is 0 Å². The Morgan fingerprint density at radius 2 is 1.54 bits per heavy atom. The van der Waals surface area contributed by atoms with Crippen molar-refractivity contribution in [3.05, 3.63) is 17.6 Å². The molecular weight excluding hydrogens is 381 g/mol. The Balaban J connectivity index is 1.66. The highest BCUT2D eigenvalue weighted by atomic mass is 19.2. The van der Waals surface area contributed by atoms with Gasteiger partial charge in [-0.05, 0) is 0 Å². The fourth-order valence-corrected chi connectivity index (χ4v) is 2.99. The molecule has 0 spiro atoms. The van der Waals surface area contributed by atoms with Gasteiger partial charge in [-0.1, -0.05) is 0 Å². The average Bonchev–Trinajstić information content (AvgIpc) is 2.73. The van der Waals surface area contributed by atoms with Gasteiger partial charge in [0.05, 0.1) is 26.4 Å². The van der Waals surface area contributed by atoms with Gasteiger partial charge in [0.2, 0.25) is 17.6 Å². The number of ether oxygens (including phenoxy) is 2. The molecule has 0 radical (unpaired) electrons. The summed E-state index contributed by atoms with van der Waals surface area (Å²) in [4.78, 5) is 30.4. The summed E-state index contributed by atoms with van der Waals surface area (Å²) in [6.45, 7) is 2.83. The maximum Gasteiger partial charge on any atom is 0.253 e. The normalized spacial score (nSPS) is 17.5. The highest BCUT2D eigenvalue weighted by Gasteiger charge is 2.26. The summed E-state index contributed by atoms with van der Waals surface area (Å²) < 4.78 is 52.9. The van der Waals surface area contributed by atoms with Crippen LogP contribution in [0.2, 0.25) is 0 Å². The number of hydrogen-bond donors (Lipinski definition) is 1. The highest BCUT2D eigenvalue weighted by Crippen LogP contribution is 2.29. The number of amides is 2. The van der Waals surface area contributed by atoms with Crippen LogP contribution in [0.4, 0.5) is 24.7 Å². The predicted molar refractivity (Wildman–Crippen MR) is 92.4 cm³/mol. The van der Waals surface area contributed by atoms with E-state index < -0.39 is 29.2 Å². The molecule has 2 aliphatic rings. The van der Waals surface area contributed by atoms with E-state index in [0.29, 0.717) is 39.5 Å². The molecule has 154 valence electrons. The number of anilines is 2. The molecule has 2 saturated heterocycles. The van der Waals surface area contributed by atoms with Crippen molar-refractivity contribution in [3.63, 3.8) is 0 Å². The van der Waals surface area contributed by atoms with Crippen molar-refractivity contribution in [2.75, 3.05) is 62.8 Å². The first-order valence-corrected chi connectivity index (χ1v) is 9.00. The molecule has 2 aliphatic heterocycles. The zero-order valence-corrected chi connectivity index (χ0v) is 15.2. The van der Waals surface area contributed by atoms with E-state index in [-0.39, 0.29) is 37.7 Å². The first-order valence-electron chi connectivity index (χ1n) is 9.00.